The molecule has 0 saturated carbocycles. The zero-order valence-corrected chi connectivity index (χ0v) is 18.0. The van der Waals surface area contributed by atoms with E-state index < -0.39 is 0 Å². The van der Waals surface area contributed by atoms with Gasteiger partial charge in [-0.2, -0.15) is 5.90 Å². The molecule has 8 nitrogen and oxygen atoms in total. The van der Waals surface area contributed by atoms with Crippen molar-refractivity contribution in [1.82, 2.24) is 24.7 Å². The van der Waals surface area contributed by atoms with E-state index in [0.29, 0.717) is 5.75 Å². The van der Waals surface area contributed by atoms with Gasteiger partial charge in [0.05, 0.1) is 12.1 Å². The maximum atomic E-state index is 12.9. The number of nitrogens with two attached hydrogens (primary N) is 1. The summed E-state index contributed by atoms with van der Waals surface area (Å²) in [5.74, 6) is 6.25. The van der Waals surface area contributed by atoms with Crippen molar-refractivity contribution < 1.29 is 9.63 Å². The molecule has 162 valence electrons. The molecule has 1 amide bonds. The van der Waals surface area contributed by atoms with E-state index >= 15 is 0 Å². The van der Waals surface area contributed by atoms with Crippen molar-refractivity contribution in [3.05, 3.63) is 47.7 Å². The van der Waals surface area contributed by atoms with Gasteiger partial charge in [-0.3, -0.25) is 9.69 Å². The molecule has 2 N–H and O–H groups in total. The van der Waals surface area contributed by atoms with Crippen molar-refractivity contribution in [1.29, 1.82) is 0 Å². The van der Waals surface area contributed by atoms with Crippen LogP contribution in [0.25, 0.3) is 5.70 Å². The first-order chi connectivity index (χ1) is 14.5. The second-order valence-electron chi connectivity index (χ2n) is 8.20. The highest BCUT2D eigenvalue weighted by atomic mass is 16.6. The monoisotopic (exact) mass is 412 g/mol. The van der Waals surface area contributed by atoms with Crippen molar-refractivity contribution in [2.24, 2.45) is 5.90 Å². The number of carbonyl (C=O) groups is 1. The number of hydrazine groups is 1. The Morgan fingerprint density at radius 2 is 1.83 bits per heavy atom. The van der Waals surface area contributed by atoms with Crippen LogP contribution < -0.4 is 10.7 Å². The number of carbonyl (C=O) groups excluding carboxylic acids is 1. The van der Waals surface area contributed by atoms with E-state index in [-0.39, 0.29) is 5.91 Å². The van der Waals surface area contributed by atoms with Crippen LogP contribution in [0.5, 0.6) is 5.75 Å². The summed E-state index contributed by atoms with van der Waals surface area (Å²) in [7, 11) is 4.07. The van der Waals surface area contributed by atoms with Crippen LogP contribution in [-0.2, 0) is 4.79 Å². The molecule has 0 radical (unpaired) electrons. The minimum atomic E-state index is 0.206. The minimum absolute atomic E-state index is 0.206. The van der Waals surface area contributed by atoms with Crippen LogP contribution in [0, 0.1) is 0 Å². The smallest absolute Gasteiger partial charge is 0.253 e. The van der Waals surface area contributed by atoms with Gasteiger partial charge in [-0.25, -0.2) is 5.01 Å². The number of nitrogens with zero attached hydrogens (tertiary/aromatic N) is 5. The molecule has 0 aliphatic carbocycles. The van der Waals surface area contributed by atoms with E-state index in [0.717, 1.165) is 75.6 Å². The lowest BCUT2D eigenvalue weighted by Crippen LogP contribution is -2.49. The van der Waals surface area contributed by atoms with Crippen LogP contribution in [0.15, 0.2) is 42.1 Å². The van der Waals surface area contributed by atoms with Gasteiger partial charge in [0, 0.05) is 83.3 Å². The molecule has 0 spiro atoms. The fourth-order valence-electron chi connectivity index (χ4n) is 4.56. The zero-order valence-electron chi connectivity index (χ0n) is 18.0. The molecule has 8 heteroatoms. The third-order valence-corrected chi connectivity index (χ3v) is 6.57. The van der Waals surface area contributed by atoms with Crippen LogP contribution in [0.3, 0.4) is 0 Å². The Morgan fingerprint density at radius 3 is 2.57 bits per heavy atom. The average Bonchev–Trinajstić information content (AvgIpc) is 3.07. The van der Waals surface area contributed by atoms with Crippen molar-refractivity contribution in [2.45, 2.75) is 6.42 Å². The first-order valence-electron chi connectivity index (χ1n) is 10.6. The lowest BCUT2D eigenvalue weighted by atomic mass is 10.1. The summed E-state index contributed by atoms with van der Waals surface area (Å²) < 4.78 is 0. The Hall–Kier alpha value is -2.55. The minimum Gasteiger partial charge on any atom is -0.411 e. The summed E-state index contributed by atoms with van der Waals surface area (Å²) in [6.45, 7) is 11.2. The normalized spacial score (nSPS) is 20.8. The molecule has 0 unspecified atom stereocenters. The fraction of sp³-hybridized carbons (Fsp3) is 0.500. The highest BCUT2D eigenvalue weighted by Gasteiger charge is 2.35. The third-order valence-electron chi connectivity index (χ3n) is 6.57. The van der Waals surface area contributed by atoms with Crippen LogP contribution >= 0.6 is 0 Å². The number of para-hydroxylation sites is 1. The van der Waals surface area contributed by atoms with Gasteiger partial charge < -0.3 is 19.6 Å². The molecule has 1 saturated heterocycles. The van der Waals surface area contributed by atoms with E-state index in [1.807, 2.05) is 43.3 Å². The van der Waals surface area contributed by atoms with Crippen LogP contribution in [-0.4, -0.2) is 97.1 Å². The Morgan fingerprint density at radius 1 is 1.10 bits per heavy atom. The molecular weight excluding hydrogens is 380 g/mol. The second-order valence-corrected chi connectivity index (χ2v) is 8.20. The third kappa shape index (κ3) is 3.90. The first-order valence-corrected chi connectivity index (χ1v) is 10.6. The number of benzene rings is 1. The first kappa shape index (κ1) is 20.7. The summed E-state index contributed by atoms with van der Waals surface area (Å²) >= 11 is 0. The van der Waals surface area contributed by atoms with Gasteiger partial charge in [0.2, 0.25) is 0 Å². The van der Waals surface area contributed by atoms with Crippen molar-refractivity contribution in [3.63, 3.8) is 0 Å². The average molecular weight is 413 g/mol. The molecule has 1 aromatic rings. The molecule has 3 aliphatic rings. The van der Waals surface area contributed by atoms with Gasteiger partial charge in [-0.1, -0.05) is 18.7 Å². The van der Waals surface area contributed by atoms with E-state index in [1.165, 1.54) is 5.70 Å². The maximum Gasteiger partial charge on any atom is 0.253 e. The fourth-order valence-corrected chi connectivity index (χ4v) is 4.56. The largest absolute Gasteiger partial charge is 0.411 e. The lowest BCUT2D eigenvalue weighted by Gasteiger charge is -2.38. The Labute approximate surface area is 178 Å². The van der Waals surface area contributed by atoms with E-state index in [4.69, 9.17) is 10.7 Å². The highest BCUT2D eigenvalue weighted by Crippen LogP contribution is 2.29. The maximum absolute atomic E-state index is 12.9. The number of amides is 1. The molecule has 30 heavy (non-hydrogen) atoms. The van der Waals surface area contributed by atoms with Crippen LogP contribution in [0.1, 0.15) is 12.0 Å². The topological polar surface area (TPSA) is 68.5 Å². The molecule has 1 aromatic carbocycles. The predicted molar refractivity (Wildman–Crippen MR) is 117 cm³/mol. The molecule has 0 atom stereocenters. The molecule has 4 rings (SSSR count). The van der Waals surface area contributed by atoms with E-state index in [9.17, 15) is 4.79 Å². The van der Waals surface area contributed by atoms with E-state index in [2.05, 4.69) is 26.4 Å². The Kier molecular flexibility index (Phi) is 5.99. The zero-order chi connectivity index (χ0) is 21.3. The van der Waals surface area contributed by atoms with Gasteiger partial charge in [0.25, 0.3) is 5.91 Å². The molecular formula is C22H32N6O2. The summed E-state index contributed by atoms with van der Waals surface area (Å²) in [5.41, 5.74) is 4.03. The highest BCUT2D eigenvalue weighted by molar-refractivity contribution is 5.95. The van der Waals surface area contributed by atoms with Crippen molar-refractivity contribution in [3.8, 4) is 5.75 Å². The van der Waals surface area contributed by atoms with Crippen molar-refractivity contribution in [2.75, 3.05) is 66.5 Å². The summed E-state index contributed by atoms with van der Waals surface area (Å²) in [5, 5.41) is 4.22. The number of piperazine rings is 1. The number of hydrogen-bond donors (Lipinski definition) is 1. The predicted octanol–water partition coefficient (Wildman–Crippen LogP) is 0.806. The SMILES string of the molecule is C=C(c1ccccc1ON)N1CCN(CCN2CCC3=C(CN(C)N3C)C2=O)CC1. The van der Waals surface area contributed by atoms with Gasteiger partial charge in [-0.05, 0) is 12.1 Å². The van der Waals surface area contributed by atoms with Gasteiger partial charge in [0.1, 0.15) is 0 Å². The number of rotatable bonds is 6. The van der Waals surface area contributed by atoms with E-state index in [1.54, 1.807) is 0 Å². The van der Waals surface area contributed by atoms with Crippen LogP contribution in [0.4, 0.5) is 0 Å². The second kappa shape index (κ2) is 8.67. The Balaban J connectivity index is 1.27. The van der Waals surface area contributed by atoms with Gasteiger partial charge >= 0.3 is 0 Å². The summed E-state index contributed by atoms with van der Waals surface area (Å²) in [6.07, 6.45) is 0.943. The number of likely N-dealkylation sites (N-methyl/N-ethyl adjacent to an activating group) is 1. The molecule has 1 fully saturated rings. The summed E-state index contributed by atoms with van der Waals surface area (Å²) in [6, 6.07) is 7.71. The van der Waals surface area contributed by atoms with Crippen LogP contribution in [0.2, 0.25) is 0 Å². The molecule has 0 bridgehead atoms. The molecule has 0 aromatic heterocycles. The quantitative estimate of drug-likeness (QED) is 0.694. The van der Waals surface area contributed by atoms with Crippen molar-refractivity contribution >= 4 is 11.6 Å². The summed E-state index contributed by atoms with van der Waals surface area (Å²) in [4.78, 5) is 24.6. The molecule has 3 aliphatic heterocycles. The standard InChI is InChI=1S/C22H32N6O2/c1-17(18-6-4-5-7-21(18)30-23)27-13-10-26(11-14-27)12-15-28-9-8-20-19(22(28)29)16-24(2)25(20)3/h4-7H,1,8-16,23H2,2-3H3. The van der Waals surface area contributed by atoms with Gasteiger partial charge in [0.15, 0.2) is 5.75 Å². The Bertz CT molecular complexity index is 846. The number of hydrogen-bond acceptors (Lipinski definition) is 7. The van der Waals surface area contributed by atoms with Gasteiger partial charge in [-0.15, -0.1) is 0 Å². The molecule has 3 heterocycles. The lowest BCUT2D eigenvalue weighted by molar-refractivity contribution is -0.128.